The second-order valence-electron chi connectivity index (χ2n) is 6.24. The number of methoxy groups -OCH3 is 1. The quantitative estimate of drug-likeness (QED) is 0.561. The van der Waals surface area contributed by atoms with Gasteiger partial charge in [0.15, 0.2) is 5.78 Å². The molecule has 1 N–H and O–H groups in total. The van der Waals surface area contributed by atoms with Crippen LogP contribution in [-0.2, 0) is 10.3 Å². The number of nitrogens with zero attached hydrogens (tertiary/aromatic N) is 1. The molecule has 0 aliphatic carbocycles. The topological polar surface area (TPSA) is 75.7 Å². The summed E-state index contributed by atoms with van der Waals surface area (Å²) in [5, 5.41) is 2.77. The van der Waals surface area contributed by atoms with Crippen molar-refractivity contribution in [2.75, 3.05) is 13.7 Å². The van der Waals surface area contributed by atoms with Crippen LogP contribution < -0.4 is 10.1 Å². The molecule has 140 valence electrons. The van der Waals surface area contributed by atoms with Gasteiger partial charge in [0.05, 0.1) is 13.7 Å². The third-order valence-corrected chi connectivity index (χ3v) is 5.29. The third kappa shape index (κ3) is 3.47. The van der Waals surface area contributed by atoms with Crippen molar-refractivity contribution in [3.8, 4) is 5.75 Å². The number of rotatable bonds is 6. The number of carbonyl (C=O) groups excluding carboxylic acids is 3. The molecule has 1 heterocycles. The second kappa shape index (κ2) is 7.52. The molecule has 7 heteroatoms. The van der Waals surface area contributed by atoms with E-state index in [-0.39, 0.29) is 12.3 Å². The second-order valence-corrected chi connectivity index (χ2v) is 7.15. The molecule has 1 aliphatic heterocycles. The minimum absolute atomic E-state index is 0.298. The maximum absolute atomic E-state index is 13.1. The smallest absolute Gasteiger partial charge is 0.325 e. The highest BCUT2D eigenvalue weighted by Gasteiger charge is 2.51. The summed E-state index contributed by atoms with van der Waals surface area (Å²) >= 11 is 3.31. The lowest BCUT2D eigenvalue weighted by Gasteiger charge is -2.26. The molecular weight excluding hydrogens is 412 g/mol. The van der Waals surface area contributed by atoms with Crippen LogP contribution in [0.2, 0.25) is 0 Å². The van der Waals surface area contributed by atoms with Crippen molar-refractivity contribution >= 4 is 33.7 Å². The summed E-state index contributed by atoms with van der Waals surface area (Å²) in [4.78, 5) is 39.1. The molecule has 1 atom stereocenters. The lowest BCUT2D eigenvalue weighted by Crippen LogP contribution is -2.43. The Morgan fingerprint density at radius 2 is 1.74 bits per heavy atom. The largest absolute Gasteiger partial charge is 0.497 e. The van der Waals surface area contributed by atoms with Crippen LogP contribution in [0.5, 0.6) is 5.75 Å². The molecule has 0 unspecified atom stereocenters. The summed E-state index contributed by atoms with van der Waals surface area (Å²) in [7, 11) is 1.56. The van der Waals surface area contributed by atoms with E-state index in [1.165, 1.54) is 0 Å². The number of Topliss-reactive ketones (excluding diaryl/α,β-unsaturated/α-hetero) is 1. The van der Waals surface area contributed by atoms with E-state index in [4.69, 9.17) is 4.74 Å². The molecule has 0 bridgehead atoms. The molecule has 2 aromatic rings. The number of hydrogen-bond donors (Lipinski definition) is 1. The number of urea groups is 1. The molecule has 1 aliphatic rings. The van der Waals surface area contributed by atoms with Gasteiger partial charge in [-0.3, -0.25) is 14.5 Å². The zero-order valence-electron chi connectivity index (χ0n) is 15.0. The van der Waals surface area contributed by atoms with Crippen LogP contribution in [0, 0.1) is 0 Å². The molecule has 1 saturated heterocycles. The Morgan fingerprint density at radius 3 is 2.30 bits per heavy atom. The van der Waals surface area contributed by atoms with Crippen LogP contribution in [0.3, 0.4) is 0 Å². The number of amides is 3. The molecule has 1 fully saturated rings. The van der Waals surface area contributed by atoms with Gasteiger partial charge < -0.3 is 10.1 Å². The molecular formula is C20H19BrN2O4. The molecule has 0 radical (unpaired) electrons. The van der Waals surface area contributed by atoms with Crippen molar-refractivity contribution in [3.63, 3.8) is 0 Å². The number of halogens is 1. The summed E-state index contributed by atoms with van der Waals surface area (Å²) in [6.45, 7) is 1.52. The maximum atomic E-state index is 13.1. The lowest BCUT2D eigenvalue weighted by molar-refractivity contribution is -0.131. The highest BCUT2D eigenvalue weighted by atomic mass is 79.9. The van der Waals surface area contributed by atoms with Gasteiger partial charge in [-0.2, -0.15) is 0 Å². The monoisotopic (exact) mass is 430 g/mol. The first-order valence-electron chi connectivity index (χ1n) is 8.48. The van der Waals surface area contributed by atoms with Crippen molar-refractivity contribution in [2.24, 2.45) is 0 Å². The Hall–Kier alpha value is -2.67. The first kappa shape index (κ1) is 19.1. The SMILES string of the molecule is CC[C@]1(c2ccc(OC)cc2)NC(=O)N(CC(=O)c2ccc(Br)cc2)C1=O. The van der Waals surface area contributed by atoms with Crippen LogP contribution in [0.15, 0.2) is 53.0 Å². The highest BCUT2D eigenvalue weighted by Crippen LogP contribution is 2.33. The van der Waals surface area contributed by atoms with E-state index in [2.05, 4.69) is 21.2 Å². The number of ketones is 1. The van der Waals surface area contributed by atoms with Gasteiger partial charge in [0.2, 0.25) is 0 Å². The molecule has 0 spiro atoms. The third-order valence-electron chi connectivity index (χ3n) is 4.76. The summed E-state index contributed by atoms with van der Waals surface area (Å²) in [6.07, 6.45) is 0.368. The first-order chi connectivity index (χ1) is 12.9. The van der Waals surface area contributed by atoms with E-state index in [1.807, 2.05) is 6.92 Å². The van der Waals surface area contributed by atoms with Gasteiger partial charge in [0.1, 0.15) is 11.3 Å². The Balaban J connectivity index is 1.86. The normalized spacial score (nSPS) is 19.1. The van der Waals surface area contributed by atoms with E-state index in [9.17, 15) is 14.4 Å². The van der Waals surface area contributed by atoms with Gasteiger partial charge in [-0.25, -0.2) is 4.79 Å². The minimum Gasteiger partial charge on any atom is -0.497 e. The van der Waals surface area contributed by atoms with E-state index >= 15 is 0 Å². The van der Waals surface area contributed by atoms with E-state index in [0.29, 0.717) is 23.3 Å². The summed E-state index contributed by atoms with van der Waals surface area (Å²) < 4.78 is 5.99. The van der Waals surface area contributed by atoms with Crippen LogP contribution in [0.25, 0.3) is 0 Å². The van der Waals surface area contributed by atoms with Crippen molar-refractivity contribution in [1.82, 2.24) is 10.2 Å². The van der Waals surface area contributed by atoms with Gasteiger partial charge in [0.25, 0.3) is 5.91 Å². The van der Waals surface area contributed by atoms with Crippen LogP contribution in [0.1, 0.15) is 29.3 Å². The zero-order chi connectivity index (χ0) is 19.6. The van der Waals surface area contributed by atoms with Gasteiger partial charge in [0, 0.05) is 10.0 Å². The Bertz CT molecular complexity index is 880. The minimum atomic E-state index is -1.18. The van der Waals surface area contributed by atoms with Gasteiger partial charge in [-0.05, 0) is 36.2 Å². The number of nitrogens with one attached hydrogen (secondary N) is 1. The van der Waals surface area contributed by atoms with Crippen molar-refractivity contribution < 1.29 is 19.1 Å². The van der Waals surface area contributed by atoms with Gasteiger partial charge in [-0.1, -0.05) is 47.1 Å². The molecule has 2 aromatic carbocycles. The van der Waals surface area contributed by atoms with E-state index in [1.54, 1.807) is 55.6 Å². The molecule has 27 heavy (non-hydrogen) atoms. The van der Waals surface area contributed by atoms with Crippen LogP contribution >= 0.6 is 15.9 Å². The van der Waals surface area contributed by atoms with E-state index < -0.39 is 17.5 Å². The lowest BCUT2D eigenvalue weighted by atomic mass is 9.87. The Kier molecular flexibility index (Phi) is 5.32. The molecule has 3 rings (SSSR count). The number of benzene rings is 2. The molecule has 6 nitrogen and oxygen atoms in total. The van der Waals surface area contributed by atoms with Crippen molar-refractivity contribution in [3.05, 3.63) is 64.1 Å². The number of carbonyl (C=O) groups is 3. The molecule has 3 amide bonds. The van der Waals surface area contributed by atoms with Crippen molar-refractivity contribution in [1.29, 1.82) is 0 Å². The predicted molar refractivity (Wildman–Crippen MR) is 104 cm³/mol. The molecule has 0 saturated carbocycles. The molecule has 0 aromatic heterocycles. The summed E-state index contributed by atoms with van der Waals surface area (Å²) in [5.74, 6) is -0.0673. The number of hydrogen-bond acceptors (Lipinski definition) is 4. The fourth-order valence-electron chi connectivity index (χ4n) is 3.16. The Labute approximate surface area is 165 Å². The summed E-state index contributed by atoms with van der Waals surface area (Å²) in [6, 6.07) is 13.2. The number of imide groups is 1. The number of ether oxygens (including phenoxy) is 1. The predicted octanol–water partition coefficient (Wildman–Crippen LogP) is 3.50. The van der Waals surface area contributed by atoms with Crippen molar-refractivity contribution in [2.45, 2.75) is 18.9 Å². The van der Waals surface area contributed by atoms with Gasteiger partial charge >= 0.3 is 6.03 Å². The fraction of sp³-hybridized carbons (Fsp3) is 0.250. The van der Waals surface area contributed by atoms with Crippen LogP contribution in [0.4, 0.5) is 4.79 Å². The van der Waals surface area contributed by atoms with Gasteiger partial charge in [-0.15, -0.1) is 0 Å². The average molecular weight is 431 g/mol. The zero-order valence-corrected chi connectivity index (χ0v) is 16.6. The maximum Gasteiger partial charge on any atom is 0.325 e. The van der Waals surface area contributed by atoms with Crippen LogP contribution in [-0.4, -0.2) is 36.3 Å². The standard InChI is InChI=1S/C20H19BrN2O4/c1-3-20(14-6-10-16(27-2)11-7-14)18(25)23(19(26)22-20)12-17(24)13-4-8-15(21)9-5-13/h4-11H,3,12H2,1-2H3,(H,22,26)/t20-/m1/s1. The average Bonchev–Trinajstić information content (AvgIpc) is 2.93. The Morgan fingerprint density at radius 1 is 1.11 bits per heavy atom. The fourth-order valence-corrected chi connectivity index (χ4v) is 3.42. The summed E-state index contributed by atoms with van der Waals surface area (Å²) in [5.41, 5.74) is -0.0800. The van der Waals surface area contributed by atoms with E-state index in [0.717, 1.165) is 9.37 Å². The highest BCUT2D eigenvalue weighted by molar-refractivity contribution is 9.10. The first-order valence-corrected chi connectivity index (χ1v) is 9.28.